The van der Waals surface area contributed by atoms with Crippen LogP contribution in [0.4, 0.5) is 9.59 Å². The first-order valence-corrected chi connectivity index (χ1v) is 31.2. The summed E-state index contributed by atoms with van der Waals surface area (Å²) in [5.74, 6) is -5.59. The molecule has 21 nitrogen and oxygen atoms in total. The van der Waals surface area contributed by atoms with Crippen molar-refractivity contribution >= 4 is 70.5 Å². The average Bonchev–Trinajstić information content (AvgIpc) is 1.18. The zero-order valence-corrected chi connectivity index (χ0v) is 57.2. The number of hydrogen-bond acceptors (Lipinski definition) is 14. The molecule has 0 heterocycles. The highest BCUT2D eigenvalue weighted by atomic mass is 32.2. The average molecular weight is 1230 g/mol. The van der Waals surface area contributed by atoms with Crippen molar-refractivity contribution in [3.05, 3.63) is 48.0 Å². The van der Waals surface area contributed by atoms with Crippen molar-refractivity contribution in [3.8, 4) is 0 Å². The summed E-state index contributed by atoms with van der Waals surface area (Å²) in [5, 5.41) is 5.17. The molecule has 0 spiro atoms. The van der Waals surface area contributed by atoms with E-state index >= 15 is 14.4 Å². The van der Waals surface area contributed by atoms with Gasteiger partial charge in [-0.3, -0.25) is 38.4 Å². The Bertz CT molecular complexity index is 2440. The standard InChI is InChI=1S/C64H108N8O13S/c1-25-27-31-43(11)53(83-62(82)85-64(16,17)18)52(54(74)66-46(26-2)56(76)67(19)37-50(73)68(20)49(36-41(7)8)60(80)86-38-45-32-29-28-30-33-45)72(24)59(79)51(42(9)10)71(23)58(78)48(35-40(5)6)70(22)57(77)47(34-39(3)4)69(21)55(75)44(12)65-61(81)84-63(13,14)15/h25,27-30,32-33,39-44,46-49,51-53H,26,31,34-38H2,1-24H3,(H,65,81)(H,66,74)/b27-25+/t43-,44-,46+,47+,48+,49+,51+,52+,53-/m1/s1. The summed E-state index contributed by atoms with van der Waals surface area (Å²) in [6, 6.07) is 1.17. The third kappa shape index (κ3) is 25.3. The van der Waals surface area contributed by atoms with Gasteiger partial charge in [-0.05, 0) is 123 Å². The minimum atomic E-state index is -1.66. The topological polar surface area (TPSA) is 242 Å². The van der Waals surface area contributed by atoms with Gasteiger partial charge < -0.3 is 54.2 Å². The Hall–Kier alpha value is -6.19. The number of likely N-dealkylation sites (N-methyl/N-ethyl adjacent to an activating group) is 6. The van der Waals surface area contributed by atoms with Gasteiger partial charge in [-0.1, -0.05) is 123 Å². The molecule has 2 N–H and O–H groups in total. The lowest BCUT2D eigenvalue weighted by Gasteiger charge is -2.42. The van der Waals surface area contributed by atoms with Crippen molar-refractivity contribution in [2.75, 3.05) is 48.8 Å². The Balaban J connectivity index is 3.93. The molecule has 0 aliphatic carbocycles. The molecule has 9 atom stereocenters. The van der Waals surface area contributed by atoms with Crippen LogP contribution in [0.3, 0.4) is 0 Å². The number of rotatable bonds is 31. The van der Waals surface area contributed by atoms with E-state index in [1.807, 2.05) is 78.0 Å². The number of nitrogens with zero attached hydrogens (tertiary/aromatic N) is 6. The molecule has 86 heavy (non-hydrogen) atoms. The summed E-state index contributed by atoms with van der Waals surface area (Å²) in [6.45, 7) is 31.2. The number of alkyl carbamates (subject to hydrolysis) is 1. The fourth-order valence-corrected chi connectivity index (χ4v) is 10.7. The number of carbonyl (C=O) groups is 10. The number of benzene rings is 1. The maximum atomic E-state index is 15.5. The minimum Gasteiger partial charge on any atom is -0.444 e. The zero-order valence-electron chi connectivity index (χ0n) is 56.4. The summed E-state index contributed by atoms with van der Waals surface area (Å²) in [5.41, 5.74) is -0.906. The molecular weight excluding hydrogens is 1120 g/mol. The largest absolute Gasteiger partial charge is 0.509 e. The normalized spacial score (nSPS) is 15.1. The van der Waals surface area contributed by atoms with Crippen molar-refractivity contribution in [1.29, 1.82) is 0 Å². The van der Waals surface area contributed by atoms with Crippen LogP contribution in [0.2, 0.25) is 0 Å². The van der Waals surface area contributed by atoms with Crippen molar-refractivity contribution in [2.45, 2.75) is 222 Å². The lowest BCUT2D eigenvalue weighted by molar-refractivity contribution is -0.158. The molecule has 1 aromatic carbocycles. The van der Waals surface area contributed by atoms with Crippen LogP contribution in [0.5, 0.6) is 0 Å². The summed E-state index contributed by atoms with van der Waals surface area (Å²) in [7, 11) is 8.70. The fraction of sp³-hybridized carbons (Fsp3) is 0.719. The number of ether oxygens (including phenoxy) is 3. The first-order chi connectivity index (χ1) is 39.6. The predicted molar refractivity (Wildman–Crippen MR) is 337 cm³/mol. The van der Waals surface area contributed by atoms with E-state index in [-0.39, 0.29) is 48.6 Å². The zero-order chi connectivity index (χ0) is 66.5. The lowest BCUT2D eigenvalue weighted by atomic mass is 9.91. The number of nitrogens with one attached hydrogen (secondary N) is 2. The van der Waals surface area contributed by atoms with E-state index < -0.39 is 132 Å². The van der Waals surface area contributed by atoms with Gasteiger partial charge in [-0.15, -0.1) is 0 Å². The maximum absolute atomic E-state index is 15.5. The molecule has 0 radical (unpaired) electrons. The van der Waals surface area contributed by atoms with Crippen LogP contribution >= 0.6 is 11.8 Å². The summed E-state index contributed by atoms with van der Waals surface area (Å²) < 4.78 is 17.0. The van der Waals surface area contributed by atoms with Gasteiger partial charge in [-0.25, -0.2) is 9.59 Å². The first kappa shape index (κ1) is 77.8. The van der Waals surface area contributed by atoms with Gasteiger partial charge in [0.15, 0.2) is 0 Å². The number of allylic oxidation sites excluding steroid dienone is 2. The monoisotopic (exact) mass is 1230 g/mol. The van der Waals surface area contributed by atoms with E-state index in [0.29, 0.717) is 12.2 Å². The second-order valence-corrected chi connectivity index (χ2v) is 27.3. The van der Waals surface area contributed by atoms with Gasteiger partial charge in [0.25, 0.3) is 0 Å². The molecule has 0 fully saturated rings. The van der Waals surface area contributed by atoms with Crippen LogP contribution in [0, 0.1) is 29.6 Å². The highest BCUT2D eigenvalue weighted by molar-refractivity contribution is 8.13. The van der Waals surface area contributed by atoms with E-state index in [2.05, 4.69) is 10.6 Å². The molecule has 22 heteroatoms. The van der Waals surface area contributed by atoms with Gasteiger partial charge >= 0.3 is 12.2 Å². The summed E-state index contributed by atoms with van der Waals surface area (Å²) in [4.78, 5) is 151. The molecule has 0 aromatic heterocycles. The first-order valence-electron chi connectivity index (χ1n) is 30.2. The van der Waals surface area contributed by atoms with Crippen molar-refractivity contribution in [2.24, 2.45) is 29.6 Å². The molecule has 0 unspecified atom stereocenters. The summed E-state index contributed by atoms with van der Waals surface area (Å²) in [6.07, 6.45) is 1.27. The molecule has 0 aliphatic heterocycles. The van der Waals surface area contributed by atoms with Crippen LogP contribution in [0.1, 0.15) is 162 Å². The van der Waals surface area contributed by atoms with Gasteiger partial charge in [-0.2, -0.15) is 0 Å². The Morgan fingerprint density at radius 1 is 0.581 bits per heavy atom. The van der Waals surface area contributed by atoms with E-state index in [1.54, 1.807) is 82.2 Å². The quantitative estimate of drug-likeness (QED) is 0.0523. The minimum absolute atomic E-state index is 0.0267. The van der Waals surface area contributed by atoms with Crippen molar-refractivity contribution in [1.82, 2.24) is 40.0 Å². The molecule has 0 aliphatic rings. The Kier molecular flexibility index (Phi) is 32.2. The lowest BCUT2D eigenvalue weighted by Crippen LogP contribution is -2.64. The van der Waals surface area contributed by atoms with Gasteiger partial charge in [0.1, 0.15) is 59.6 Å². The van der Waals surface area contributed by atoms with Gasteiger partial charge in [0.05, 0.1) is 6.54 Å². The molecule has 0 bridgehead atoms. The molecule has 0 saturated carbocycles. The van der Waals surface area contributed by atoms with Crippen LogP contribution in [0.25, 0.3) is 0 Å². The summed E-state index contributed by atoms with van der Waals surface area (Å²) >= 11 is 1.12. The van der Waals surface area contributed by atoms with E-state index in [9.17, 15) is 33.6 Å². The Morgan fingerprint density at radius 2 is 1.06 bits per heavy atom. The predicted octanol–water partition coefficient (Wildman–Crippen LogP) is 8.56. The van der Waals surface area contributed by atoms with Crippen LogP contribution in [-0.4, -0.2) is 197 Å². The van der Waals surface area contributed by atoms with Gasteiger partial charge in [0, 0.05) is 48.0 Å². The number of hydrogen-bond donors (Lipinski definition) is 2. The van der Waals surface area contributed by atoms with Crippen LogP contribution < -0.4 is 10.6 Å². The molecular formula is C64H108N8O13S. The van der Waals surface area contributed by atoms with Gasteiger partial charge in [0.2, 0.25) is 46.5 Å². The van der Waals surface area contributed by atoms with Crippen LogP contribution in [-0.2, 0) is 58.3 Å². The molecule has 8 amide bonds. The van der Waals surface area contributed by atoms with E-state index in [1.165, 1.54) is 73.7 Å². The Labute approximate surface area is 519 Å². The second kappa shape index (κ2) is 35.6. The van der Waals surface area contributed by atoms with E-state index in [0.717, 1.165) is 22.2 Å². The highest BCUT2D eigenvalue weighted by Crippen LogP contribution is 2.28. The van der Waals surface area contributed by atoms with Crippen molar-refractivity contribution in [3.63, 3.8) is 0 Å². The third-order valence-corrected chi connectivity index (χ3v) is 15.5. The molecule has 488 valence electrons. The smallest absolute Gasteiger partial charge is 0.444 e. The third-order valence-electron chi connectivity index (χ3n) is 14.4. The fourth-order valence-electron chi connectivity index (χ4n) is 9.77. The molecule has 1 aromatic rings. The number of carbonyl (C=O) groups excluding carboxylic acids is 10. The highest BCUT2D eigenvalue weighted by Gasteiger charge is 2.47. The Morgan fingerprint density at radius 3 is 1.52 bits per heavy atom. The SMILES string of the molecule is C/C=C/C[C@@H](C)[C@@H](OC(=O)OC(C)(C)C)[C@@H](C(=O)N[C@@H](CC)C(=O)N(C)CC(=O)N(C)[C@@H](CC(C)C)C(=O)SCc1ccccc1)N(C)C(=O)[C@H](C(C)C)N(C)C(=O)[C@H](CC(C)C)N(C)C(=O)[C@H](CC(C)C)N(C)C(=O)[C@@H](C)NC(=O)OC(C)(C)C. The van der Waals surface area contributed by atoms with Crippen molar-refractivity contribution < 1.29 is 62.2 Å². The molecule has 1 rings (SSSR count). The maximum Gasteiger partial charge on any atom is 0.509 e. The number of thioether (sulfide) groups is 1. The molecule has 0 saturated heterocycles. The van der Waals surface area contributed by atoms with E-state index in [4.69, 9.17) is 14.2 Å². The van der Waals surface area contributed by atoms with Crippen LogP contribution in [0.15, 0.2) is 42.5 Å². The second-order valence-electron chi connectivity index (χ2n) is 26.3. The number of amides is 8.